The van der Waals surface area contributed by atoms with Gasteiger partial charge in [0.1, 0.15) is 17.9 Å². The van der Waals surface area contributed by atoms with E-state index in [1.807, 2.05) is 44.2 Å². The quantitative estimate of drug-likeness (QED) is 0.679. The van der Waals surface area contributed by atoms with Crippen LogP contribution in [0.2, 0.25) is 0 Å². The number of hydrogen-bond acceptors (Lipinski definition) is 4. The Balaban J connectivity index is 2.76. The van der Waals surface area contributed by atoms with Gasteiger partial charge < -0.3 is 9.94 Å². The van der Waals surface area contributed by atoms with E-state index in [0.29, 0.717) is 12.3 Å². The lowest BCUT2D eigenvalue weighted by molar-refractivity contribution is 0.159. The van der Waals surface area contributed by atoms with E-state index in [2.05, 4.69) is 5.16 Å². The summed E-state index contributed by atoms with van der Waals surface area (Å²) < 4.78 is 1.62. The first-order valence-corrected chi connectivity index (χ1v) is 7.68. The zero-order chi connectivity index (χ0) is 17.0. The Hall–Kier alpha value is -2.56. The average Bonchev–Trinajstić information content (AvgIpc) is 2.53. The first-order chi connectivity index (χ1) is 11.0. The molecule has 1 heterocycles. The van der Waals surface area contributed by atoms with Crippen molar-refractivity contribution in [1.82, 2.24) is 4.57 Å². The molecule has 0 radical (unpaired) electrons. The third-order valence-corrected chi connectivity index (χ3v) is 3.51. The van der Waals surface area contributed by atoms with Crippen LogP contribution >= 0.6 is 0 Å². The van der Waals surface area contributed by atoms with Crippen molar-refractivity contribution in [2.75, 3.05) is 6.61 Å². The number of benzene rings is 1. The maximum atomic E-state index is 13.0. The second kappa shape index (κ2) is 7.13. The van der Waals surface area contributed by atoms with Crippen LogP contribution in [0, 0.1) is 0 Å². The zero-order valence-corrected chi connectivity index (χ0v) is 13.9. The van der Waals surface area contributed by atoms with Crippen LogP contribution in [-0.4, -0.2) is 22.0 Å². The zero-order valence-electron chi connectivity index (χ0n) is 13.9. The summed E-state index contributed by atoms with van der Waals surface area (Å²) in [6, 6.07) is 11.0. The van der Waals surface area contributed by atoms with Crippen molar-refractivity contribution >= 4 is 5.71 Å². The first kappa shape index (κ1) is 16.8. The molecule has 1 N–H and O–H groups in total. The summed E-state index contributed by atoms with van der Waals surface area (Å²) in [7, 11) is 0. The summed E-state index contributed by atoms with van der Waals surface area (Å²) in [6.45, 7) is 7.81. The average molecular weight is 314 g/mol. The lowest BCUT2D eigenvalue weighted by Crippen LogP contribution is -2.28. The Kier molecular flexibility index (Phi) is 5.21. The minimum absolute atomic E-state index is 0.0759. The first-order valence-electron chi connectivity index (χ1n) is 7.68. The van der Waals surface area contributed by atoms with Crippen molar-refractivity contribution in [3.8, 4) is 11.4 Å². The highest BCUT2D eigenvalue weighted by molar-refractivity contribution is 6.00. The Morgan fingerprint density at radius 3 is 2.52 bits per heavy atom. The van der Waals surface area contributed by atoms with Gasteiger partial charge in [-0.1, -0.05) is 37.2 Å². The topological polar surface area (TPSA) is 63.8 Å². The molecule has 0 amide bonds. The molecule has 0 aliphatic rings. The summed E-state index contributed by atoms with van der Waals surface area (Å²) in [5, 5.41) is 14.2. The molecule has 1 aromatic carbocycles. The number of oxime groups is 1. The van der Waals surface area contributed by atoms with Crippen LogP contribution in [0.25, 0.3) is 5.69 Å². The molecule has 23 heavy (non-hydrogen) atoms. The summed E-state index contributed by atoms with van der Waals surface area (Å²) in [6.07, 6.45) is 0. The van der Waals surface area contributed by atoms with Gasteiger partial charge in [-0.25, -0.2) is 0 Å². The molecule has 2 rings (SSSR count). The summed E-state index contributed by atoms with van der Waals surface area (Å²) >= 11 is 0. The molecule has 5 heteroatoms. The van der Waals surface area contributed by atoms with Crippen molar-refractivity contribution in [2.24, 2.45) is 5.16 Å². The normalized spacial score (nSPS) is 11.8. The van der Waals surface area contributed by atoms with Gasteiger partial charge in [0, 0.05) is 17.4 Å². The third kappa shape index (κ3) is 3.44. The van der Waals surface area contributed by atoms with Crippen LogP contribution in [0.4, 0.5) is 0 Å². The van der Waals surface area contributed by atoms with E-state index < -0.39 is 0 Å². The number of para-hydroxylation sites is 1. The van der Waals surface area contributed by atoms with Gasteiger partial charge in [0.2, 0.25) is 0 Å². The van der Waals surface area contributed by atoms with Gasteiger partial charge in [0.25, 0.3) is 5.56 Å². The predicted octanol–water partition coefficient (Wildman–Crippen LogP) is 3.43. The molecule has 2 aromatic rings. The summed E-state index contributed by atoms with van der Waals surface area (Å²) in [5.41, 5.74) is 1.71. The molecule has 0 saturated carbocycles. The third-order valence-electron chi connectivity index (χ3n) is 3.51. The molecule has 0 unspecified atom stereocenters. The van der Waals surface area contributed by atoms with Crippen LogP contribution < -0.4 is 5.56 Å². The maximum absolute atomic E-state index is 13.0. The van der Waals surface area contributed by atoms with Crippen LogP contribution in [0.3, 0.4) is 0 Å². The highest BCUT2D eigenvalue weighted by atomic mass is 16.6. The minimum atomic E-state index is -0.305. The Labute approximate surface area is 135 Å². The van der Waals surface area contributed by atoms with Gasteiger partial charge in [-0.15, -0.1) is 0 Å². The largest absolute Gasteiger partial charge is 0.507 e. The van der Waals surface area contributed by atoms with Gasteiger partial charge >= 0.3 is 0 Å². The molecule has 0 spiro atoms. The van der Waals surface area contributed by atoms with Crippen molar-refractivity contribution < 1.29 is 9.94 Å². The van der Waals surface area contributed by atoms with E-state index in [0.717, 1.165) is 11.4 Å². The minimum Gasteiger partial charge on any atom is -0.507 e. The molecule has 1 aromatic heterocycles. The highest BCUT2D eigenvalue weighted by Crippen LogP contribution is 2.24. The van der Waals surface area contributed by atoms with E-state index in [1.165, 1.54) is 0 Å². The second-order valence-corrected chi connectivity index (χ2v) is 5.55. The molecule has 122 valence electrons. The molecular formula is C18H22N2O3. The van der Waals surface area contributed by atoms with E-state index in [4.69, 9.17) is 4.84 Å². The molecule has 0 bridgehead atoms. The van der Waals surface area contributed by atoms with Crippen LogP contribution in [0.5, 0.6) is 5.75 Å². The number of nitrogens with zero attached hydrogens (tertiary/aromatic N) is 2. The smallest absolute Gasteiger partial charge is 0.268 e. The standard InChI is InChI=1S/C18H22N2O3/c1-5-23-19-13(4)17-16(21)11-15(12(2)3)20(18(17)22)14-9-7-6-8-10-14/h6-12,21H,5H2,1-4H3/b19-13-. The SMILES string of the molecule is CCO/N=C(/C)c1c(O)cc(C(C)C)n(-c2ccccc2)c1=O. The molecule has 0 atom stereocenters. The van der Waals surface area contributed by atoms with Crippen molar-refractivity contribution in [3.63, 3.8) is 0 Å². The molecule has 0 saturated heterocycles. The van der Waals surface area contributed by atoms with Crippen LogP contribution in [0.15, 0.2) is 46.3 Å². The number of rotatable bonds is 5. The lowest BCUT2D eigenvalue weighted by Gasteiger charge is -2.18. The van der Waals surface area contributed by atoms with Gasteiger partial charge in [-0.05, 0) is 31.9 Å². The second-order valence-electron chi connectivity index (χ2n) is 5.55. The van der Waals surface area contributed by atoms with Crippen molar-refractivity contribution in [3.05, 3.63) is 58.0 Å². The molecule has 0 fully saturated rings. The molecule has 0 aliphatic carbocycles. The Morgan fingerprint density at radius 2 is 1.96 bits per heavy atom. The van der Waals surface area contributed by atoms with Gasteiger partial charge in [-0.2, -0.15) is 0 Å². The highest BCUT2D eigenvalue weighted by Gasteiger charge is 2.19. The van der Waals surface area contributed by atoms with E-state index >= 15 is 0 Å². The van der Waals surface area contributed by atoms with Crippen molar-refractivity contribution in [2.45, 2.75) is 33.6 Å². The number of aromatic hydroxyl groups is 1. The Morgan fingerprint density at radius 1 is 1.30 bits per heavy atom. The predicted molar refractivity (Wildman–Crippen MR) is 91.6 cm³/mol. The van der Waals surface area contributed by atoms with Crippen LogP contribution in [0.1, 0.15) is 44.9 Å². The summed E-state index contributed by atoms with van der Waals surface area (Å²) in [4.78, 5) is 18.0. The Bertz CT molecular complexity index is 762. The van der Waals surface area contributed by atoms with Gasteiger partial charge in [0.05, 0.1) is 5.71 Å². The fourth-order valence-electron chi connectivity index (χ4n) is 2.43. The number of pyridine rings is 1. The molecule has 5 nitrogen and oxygen atoms in total. The maximum Gasteiger partial charge on any atom is 0.268 e. The number of hydrogen-bond donors (Lipinski definition) is 1. The van der Waals surface area contributed by atoms with Crippen LogP contribution in [-0.2, 0) is 4.84 Å². The van der Waals surface area contributed by atoms with Crippen molar-refractivity contribution in [1.29, 1.82) is 0 Å². The van der Waals surface area contributed by atoms with E-state index in [9.17, 15) is 9.90 Å². The van der Waals surface area contributed by atoms with Gasteiger partial charge in [0.15, 0.2) is 0 Å². The molecule has 0 aliphatic heterocycles. The lowest BCUT2D eigenvalue weighted by atomic mass is 10.0. The fraction of sp³-hybridized carbons (Fsp3) is 0.333. The molecular weight excluding hydrogens is 292 g/mol. The van der Waals surface area contributed by atoms with E-state index in [-0.39, 0.29) is 22.8 Å². The number of aromatic nitrogens is 1. The van der Waals surface area contributed by atoms with E-state index in [1.54, 1.807) is 24.5 Å². The fourth-order valence-corrected chi connectivity index (χ4v) is 2.43. The van der Waals surface area contributed by atoms with Gasteiger partial charge in [-0.3, -0.25) is 9.36 Å². The monoisotopic (exact) mass is 314 g/mol. The summed E-state index contributed by atoms with van der Waals surface area (Å²) in [5.74, 6) is -0.00109.